The summed E-state index contributed by atoms with van der Waals surface area (Å²) in [5.41, 5.74) is 0.370. The second kappa shape index (κ2) is 8.39. The number of nitrogens with zero attached hydrogens (tertiary/aromatic N) is 3. The molecule has 0 unspecified atom stereocenters. The fourth-order valence-corrected chi connectivity index (χ4v) is 3.12. The first-order chi connectivity index (χ1) is 12.5. The van der Waals surface area contributed by atoms with Crippen LogP contribution in [0.25, 0.3) is 6.08 Å². The number of aromatic nitrogens is 3. The lowest BCUT2D eigenvalue weighted by atomic mass is 10.1. The van der Waals surface area contributed by atoms with Crippen LogP contribution in [0.4, 0.5) is 8.78 Å². The van der Waals surface area contributed by atoms with Gasteiger partial charge in [0.2, 0.25) is 5.91 Å². The number of fused-ring (bicyclic) bond motifs is 1. The molecule has 138 valence electrons. The third-order valence-electron chi connectivity index (χ3n) is 3.96. The van der Waals surface area contributed by atoms with Crippen molar-refractivity contribution in [3.63, 3.8) is 0 Å². The van der Waals surface area contributed by atoms with E-state index in [2.05, 4.69) is 36.2 Å². The van der Waals surface area contributed by atoms with Crippen LogP contribution in [0.1, 0.15) is 30.1 Å². The number of ether oxygens (including phenoxy) is 1. The molecule has 0 bridgehead atoms. The van der Waals surface area contributed by atoms with Gasteiger partial charge in [-0.2, -0.15) is 8.78 Å². The number of rotatable bonds is 6. The van der Waals surface area contributed by atoms with Crippen LogP contribution < -0.4 is 10.1 Å². The number of halogens is 3. The van der Waals surface area contributed by atoms with Crippen LogP contribution in [0.2, 0.25) is 0 Å². The summed E-state index contributed by atoms with van der Waals surface area (Å²) in [6.45, 7) is -1.82. The Morgan fingerprint density at radius 2 is 2.23 bits per heavy atom. The van der Waals surface area contributed by atoms with E-state index in [-0.39, 0.29) is 18.2 Å². The van der Waals surface area contributed by atoms with Crippen molar-refractivity contribution in [3.8, 4) is 5.75 Å². The number of carbonyl (C=O) groups is 1. The number of hydrogen-bond donors (Lipinski definition) is 1. The van der Waals surface area contributed by atoms with Crippen molar-refractivity contribution >= 4 is 27.9 Å². The van der Waals surface area contributed by atoms with Crippen molar-refractivity contribution in [2.24, 2.45) is 0 Å². The maximum absolute atomic E-state index is 12.5. The molecule has 1 amide bonds. The maximum Gasteiger partial charge on any atom is 0.387 e. The van der Waals surface area contributed by atoms with Gasteiger partial charge < -0.3 is 14.6 Å². The Morgan fingerprint density at radius 3 is 3.04 bits per heavy atom. The van der Waals surface area contributed by atoms with Crippen molar-refractivity contribution < 1.29 is 18.3 Å². The fraction of sp³-hybridized carbons (Fsp3) is 0.353. The lowest BCUT2D eigenvalue weighted by Gasteiger charge is -2.14. The van der Waals surface area contributed by atoms with E-state index in [0.29, 0.717) is 15.9 Å². The number of nitrogens with one attached hydrogen (secondary N) is 1. The number of benzene rings is 1. The first-order valence-electron chi connectivity index (χ1n) is 8.14. The molecular weight excluding hydrogens is 410 g/mol. The summed E-state index contributed by atoms with van der Waals surface area (Å²) in [5.74, 6) is 1.30. The first-order valence-corrected chi connectivity index (χ1v) is 8.93. The fourth-order valence-electron chi connectivity index (χ4n) is 2.74. The molecule has 2 aromatic rings. The molecule has 2 heterocycles. The molecule has 1 aliphatic rings. The maximum atomic E-state index is 12.5. The molecule has 1 aliphatic heterocycles. The van der Waals surface area contributed by atoms with Gasteiger partial charge in [-0.3, -0.25) is 4.79 Å². The number of alkyl halides is 2. The van der Waals surface area contributed by atoms with Crippen molar-refractivity contribution in [3.05, 3.63) is 46.0 Å². The summed E-state index contributed by atoms with van der Waals surface area (Å²) in [6, 6.07) is 4.59. The molecule has 1 aromatic carbocycles. The Balaban J connectivity index is 1.63. The Hall–Kier alpha value is -2.29. The number of carbonyl (C=O) groups excluding carboxylic acids is 1. The Bertz CT molecular complexity index is 823. The van der Waals surface area contributed by atoms with E-state index < -0.39 is 6.61 Å². The Morgan fingerprint density at radius 1 is 1.38 bits per heavy atom. The second-order valence-electron chi connectivity index (χ2n) is 5.75. The molecule has 1 aromatic heterocycles. The molecule has 26 heavy (non-hydrogen) atoms. The normalized spacial score (nSPS) is 13.8. The van der Waals surface area contributed by atoms with Gasteiger partial charge in [-0.15, -0.1) is 10.2 Å². The summed E-state index contributed by atoms with van der Waals surface area (Å²) in [7, 11) is 0. The molecule has 0 saturated carbocycles. The third kappa shape index (κ3) is 4.66. The minimum Gasteiger partial charge on any atom is -0.434 e. The van der Waals surface area contributed by atoms with E-state index >= 15 is 0 Å². The van der Waals surface area contributed by atoms with Gasteiger partial charge in [0.05, 0.1) is 6.54 Å². The average molecular weight is 427 g/mol. The predicted molar refractivity (Wildman–Crippen MR) is 94.6 cm³/mol. The highest BCUT2D eigenvalue weighted by Gasteiger charge is 2.15. The summed E-state index contributed by atoms with van der Waals surface area (Å²) < 4.78 is 32.1. The quantitative estimate of drug-likeness (QED) is 0.719. The smallest absolute Gasteiger partial charge is 0.387 e. The van der Waals surface area contributed by atoms with Gasteiger partial charge in [-0.05, 0) is 37.1 Å². The van der Waals surface area contributed by atoms with Crippen LogP contribution in [-0.4, -0.2) is 27.3 Å². The molecule has 0 saturated heterocycles. The first kappa shape index (κ1) is 18.5. The highest BCUT2D eigenvalue weighted by atomic mass is 79.9. The Labute approximate surface area is 157 Å². The zero-order chi connectivity index (χ0) is 18.5. The minimum atomic E-state index is -2.93. The van der Waals surface area contributed by atoms with Crippen LogP contribution >= 0.6 is 15.9 Å². The molecule has 0 fully saturated rings. The predicted octanol–water partition coefficient (Wildman–Crippen LogP) is 3.31. The molecule has 0 atom stereocenters. The van der Waals surface area contributed by atoms with Gasteiger partial charge in [-0.25, -0.2) is 0 Å². The van der Waals surface area contributed by atoms with Crippen LogP contribution in [0.15, 0.2) is 28.7 Å². The molecule has 0 radical (unpaired) electrons. The van der Waals surface area contributed by atoms with Crippen molar-refractivity contribution in [1.82, 2.24) is 20.1 Å². The highest BCUT2D eigenvalue weighted by Crippen LogP contribution is 2.26. The lowest BCUT2D eigenvalue weighted by molar-refractivity contribution is -0.116. The standard InChI is InChI=1S/C17H17BrF2N4O2/c18-12-5-6-13(26-17(19)20)11(9-12)4-7-16(25)21-10-15-23-22-14-3-1-2-8-24(14)15/h4-7,9,17H,1-3,8,10H2,(H,21,25)/b7-4+. The molecule has 1 N–H and O–H groups in total. The zero-order valence-electron chi connectivity index (χ0n) is 13.8. The van der Waals surface area contributed by atoms with Crippen LogP contribution in [-0.2, 0) is 24.3 Å². The van der Waals surface area contributed by atoms with E-state index in [4.69, 9.17) is 0 Å². The largest absolute Gasteiger partial charge is 0.434 e. The molecule has 0 aliphatic carbocycles. The topological polar surface area (TPSA) is 69.0 Å². The van der Waals surface area contributed by atoms with Crippen molar-refractivity contribution in [2.45, 2.75) is 39.0 Å². The van der Waals surface area contributed by atoms with Gasteiger partial charge >= 0.3 is 6.61 Å². The summed E-state index contributed by atoms with van der Waals surface area (Å²) >= 11 is 3.27. The SMILES string of the molecule is O=C(/C=C/c1cc(Br)ccc1OC(F)F)NCc1nnc2n1CCCC2. The number of aryl methyl sites for hydroxylation is 1. The van der Waals surface area contributed by atoms with Gasteiger partial charge in [-0.1, -0.05) is 15.9 Å². The van der Waals surface area contributed by atoms with Crippen LogP contribution in [0.5, 0.6) is 5.75 Å². The number of amides is 1. The summed E-state index contributed by atoms with van der Waals surface area (Å²) in [4.78, 5) is 12.0. The van der Waals surface area contributed by atoms with Crippen molar-refractivity contribution in [2.75, 3.05) is 0 Å². The van der Waals surface area contributed by atoms with Gasteiger partial charge in [0.1, 0.15) is 11.6 Å². The monoisotopic (exact) mass is 426 g/mol. The van der Waals surface area contributed by atoms with E-state index in [9.17, 15) is 13.6 Å². The molecule has 6 nitrogen and oxygen atoms in total. The lowest BCUT2D eigenvalue weighted by Crippen LogP contribution is -2.24. The molecule has 3 rings (SSSR count). The Kier molecular flexibility index (Phi) is 5.97. The number of hydrogen-bond acceptors (Lipinski definition) is 4. The minimum absolute atomic E-state index is 0.00113. The molecule has 9 heteroatoms. The van der Waals surface area contributed by atoms with Gasteiger partial charge in [0.15, 0.2) is 5.82 Å². The summed E-state index contributed by atoms with van der Waals surface area (Å²) in [6.07, 6.45) is 5.77. The second-order valence-corrected chi connectivity index (χ2v) is 6.67. The van der Waals surface area contributed by atoms with Gasteiger partial charge in [0.25, 0.3) is 0 Å². The highest BCUT2D eigenvalue weighted by molar-refractivity contribution is 9.10. The van der Waals surface area contributed by atoms with E-state index in [1.165, 1.54) is 18.2 Å². The molecule has 0 spiro atoms. The summed E-state index contributed by atoms with van der Waals surface area (Å²) in [5, 5.41) is 11.0. The zero-order valence-corrected chi connectivity index (χ0v) is 15.4. The van der Waals surface area contributed by atoms with E-state index in [1.807, 2.05) is 4.57 Å². The van der Waals surface area contributed by atoms with E-state index in [1.54, 1.807) is 12.1 Å². The van der Waals surface area contributed by atoms with Crippen molar-refractivity contribution in [1.29, 1.82) is 0 Å². The third-order valence-corrected chi connectivity index (χ3v) is 4.45. The molecular formula is C17H17BrF2N4O2. The van der Waals surface area contributed by atoms with Gasteiger partial charge in [0, 0.05) is 29.1 Å². The van der Waals surface area contributed by atoms with E-state index in [0.717, 1.165) is 31.6 Å². The van der Waals surface area contributed by atoms with Crippen LogP contribution in [0, 0.1) is 0 Å². The van der Waals surface area contributed by atoms with Crippen LogP contribution in [0.3, 0.4) is 0 Å². The average Bonchev–Trinajstić information content (AvgIpc) is 3.03.